The highest BCUT2D eigenvalue weighted by atomic mass is 35.5. The number of hydrogen-bond donors (Lipinski definition) is 1. The monoisotopic (exact) mass is 189 g/mol. The summed E-state index contributed by atoms with van der Waals surface area (Å²) in [5, 5.41) is 2.45. The van der Waals surface area contributed by atoms with E-state index in [4.69, 9.17) is 0 Å². The molecule has 0 saturated carbocycles. The van der Waals surface area contributed by atoms with Crippen molar-refractivity contribution >= 4 is 12.4 Å². The van der Waals surface area contributed by atoms with Gasteiger partial charge in [-0.25, -0.2) is 0 Å². The minimum Gasteiger partial charge on any atom is -0.304 e. The second-order valence-corrected chi connectivity index (χ2v) is 2.86. The van der Waals surface area contributed by atoms with Crippen molar-refractivity contribution in [3.63, 3.8) is 0 Å². The van der Waals surface area contributed by atoms with Gasteiger partial charge in [0, 0.05) is 0 Å². The summed E-state index contributed by atoms with van der Waals surface area (Å²) < 4.78 is 36.2. The van der Waals surface area contributed by atoms with E-state index in [2.05, 4.69) is 5.32 Å². The molecule has 0 aromatic rings. The summed E-state index contributed by atoms with van der Waals surface area (Å²) in [6.07, 6.45) is -3.27. The molecule has 0 radical (unpaired) electrons. The van der Waals surface area contributed by atoms with Crippen molar-refractivity contribution in [3.05, 3.63) is 0 Å². The molecule has 1 heterocycles. The van der Waals surface area contributed by atoms with Crippen LogP contribution in [0, 0.1) is 0 Å². The largest absolute Gasteiger partial charge is 0.406 e. The molecule has 1 saturated heterocycles. The van der Waals surface area contributed by atoms with E-state index in [0.29, 0.717) is 13.0 Å². The lowest BCUT2D eigenvalue weighted by molar-refractivity contribution is -0.186. The molecular weight excluding hydrogens is 179 g/mol. The molecule has 1 aliphatic rings. The van der Waals surface area contributed by atoms with E-state index in [9.17, 15) is 13.2 Å². The van der Waals surface area contributed by atoms with Gasteiger partial charge in [-0.1, -0.05) is 0 Å². The van der Waals surface area contributed by atoms with Gasteiger partial charge in [-0.15, -0.1) is 12.4 Å². The minimum absolute atomic E-state index is 0. The molecule has 1 aliphatic heterocycles. The lowest BCUT2D eigenvalue weighted by atomic mass is 10.0. The lowest BCUT2D eigenvalue weighted by Crippen LogP contribution is -2.50. The first-order valence-corrected chi connectivity index (χ1v) is 3.27. The molecule has 0 aromatic carbocycles. The summed E-state index contributed by atoms with van der Waals surface area (Å²) in [5.41, 5.74) is -1.62. The fraction of sp³-hybridized carbons (Fsp3) is 1.00. The lowest BCUT2D eigenvalue weighted by Gasteiger charge is -2.26. The van der Waals surface area contributed by atoms with Gasteiger partial charge in [0.15, 0.2) is 0 Å². The van der Waals surface area contributed by atoms with Crippen LogP contribution >= 0.6 is 12.4 Å². The second-order valence-electron chi connectivity index (χ2n) is 2.86. The van der Waals surface area contributed by atoms with Gasteiger partial charge in [0.25, 0.3) is 0 Å². The molecule has 0 bridgehead atoms. The van der Waals surface area contributed by atoms with Crippen LogP contribution in [0.2, 0.25) is 0 Å². The Morgan fingerprint density at radius 3 is 2.09 bits per heavy atom. The molecule has 0 amide bonds. The van der Waals surface area contributed by atoms with Gasteiger partial charge in [0.05, 0.1) is 0 Å². The molecule has 1 atom stereocenters. The molecule has 0 aromatic heterocycles. The molecule has 1 nitrogen and oxygen atoms in total. The van der Waals surface area contributed by atoms with Crippen LogP contribution in [0.25, 0.3) is 0 Å². The molecule has 1 rings (SSSR count). The fourth-order valence-electron chi connectivity index (χ4n) is 1.14. The van der Waals surface area contributed by atoms with Gasteiger partial charge in [0.2, 0.25) is 0 Å². The highest BCUT2D eigenvalue weighted by Gasteiger charge is 2.52. The summed E-state index contributed by atoms with van der Waals surface area (Å²) in [5.74, 6) is 0. The summed E-state index contributed by atoms with van der Waals surface area (Å²) in [4.78, 5) is 0. The maximum absolute atomic E-state index is 12.1. The molecular formula is C6H11ClF3N. The third kappa shape index (κ3) is 1.99. The highest BCUT2D eigenvalue weighted by Crippen LogP contribution is 2.36. The van der Waals surface area contributed by atoms with Gasteiger partial charge in [-0.2, -0.15) is 13.2 Å². The Morgan fingerprint density at radius 1 is 1.36 bits per heavy atom. The molecule has 1 fully saturated rings. The Morgan fingerprint density at radius 2 is 1.91 bits per heavy atom. The normalized spacial score (nSPS) is 31.6. The molecule has 68 valence electrons. The number of hydrogen-bond acceptors (Lipinski definition) is 1. The van der Waals surface area contributed by atoms with Gasteiger partial charge in [0.1, 0.15) is 5.54 Å². The molecule has 5 heteroatoms. The summed E-state index contributed by atoms with van der Waals surface area (Å²) in [6, 6.07) is 0. The van der Waals surface area contributed by atoms with Crippen LogP contribution in [0.1, 0.15) is 19.8 Å². The van der Waals surface area contributed by atoms with Crippen LogP contribution in [-0.2, 0) is 0 Å². The molecule has 0 aliphatic carbocycles. The van der Waals surface area contributed by atoms with Crippen molar-refractivity contribution in [3.8, 4) is 0 Å². The van der Waals surface area contributed by atoms with Crippen molar-refractivity contribution in [2.45, 2.75) is 31.5 Å². The van der Waals surface area contributed by atoms with E-state index in [-0.39, 0.29) is 18.8 Å². The van der Waals surface area contributed by atoms with Crippen LogP contribution < -0.4 is 5.32 Å². The van der Waals surface area contributed by atoms with Gasteiger partial charge in [-0.3, -0.25) is 0 Å². The number of alkyl halides is 3. The van der Waals surface area contributed by atoms with Gasteiger partial charge >= 0.3 is 6.18 Å². The summed E-state index contributed by atoms with van der Waals surface area (Å²) in [7, 11) is 0. The standard InChI is InChI=1S/C6H10F3N.ClH/c1-5(6(7,8)9)3-2-4-10-5;/h10H,2-4H2,1H3;1H/t5-;/m1./s1. The molecule has 11 heavy (non-hydrogen) atoms. The molecule has 0 unspecified atom stereocenters. The van der Waals surface area contributed by atoms with E-state index < -0.39 is 11.7 Å². The van der Waals surface area contributed by atoms with Crippen molar-refractivity contribution in [2.75, 3.05) is 6.54 Å². The van der Waals surface area contributed by atoms with E-state index >= 15 is 0 Å². The minimum atomic E-state index is -4.09. The van der Waals surface area contributed by atoms with Crippen LogP contribution in [0.5, 0.6) is 0 Å². The van der Waals surface area contributed by atoms with Crippen molar-refractivity contribution < 1.29 is 13.2 Å². The summed E-state index contributed by atoms with van der Waals surface area (Å²) in [6.45, 7) is 1.69. The highest BCUT2D eigenvalue weighted by molar-refractivity contribution is 5.85. The SMILES string of the molecule is C[C@]1(C(F)(F)F)CCCN1.Cl. The maximum atomic E-state index is 12.1. The van der Waals surface area contributed by atoms with Crippen molar-refractivity contribution in [1.29, 1.82) is 0 Å². The van der Waals surface area contributed by atoms with Crippen LogP contribution in [0.4, 0.5) is 13.2 Å². The maximum Gasteiger partial charge on any atom is 0.406 e. The zero-order chi connectivity index (χ0) is 7.83. The quantitative estimate of drug-likeness (QED) is 0.616. The average Bonchev–Trinajstić information content (AvgIpc) is 2.13. The van der Waals surface area contributed by atoms with Crippen LogP contribution in [-0.4, -0.2) is 18.3 Å². The van der Waals surface area contributed by atoms with E-state index in [1.807, 2.05) is 0 Å². The smallest absolute Gasteiger partial charge is 0.304 e. The number of halogens is 4. The van der Waals surface area contributed by atoms with Crippen LogP contribution in [0.15, 0.2) is 0 Å². The van der Waals surface area contributed by atoms with Gasteiger partial charge in [-0.05, 0) is 26.3 Å². The third-order valence-corrected chi connectivity index (χ3v) is 1.99. The molecule has 0 spiro atoms. The molecule has 1 N–H and O–H groups in total. The third-order valence-electron chi connectivity index (χ3n) is 1.99. The summed E-state index contributed by atoms with van der Waals surface area (Å²) >= 11 is 0. The van der Waals surface area contributed by atoms with Crippen LogP contribution in [0.3, 0.4) is 0 Å². The predicted octanol–water partition coefficient (Wildman–Crippen LogP) is 2.11. The average molecular weight is 190 g/mol. The van der Waals surface area contributed by atoms with E-state index in [1.165, 1.54) is 6.92 Å². The second kappa shape index (κ2) is 3.19. The number of rotatable bonds is 0. The Kier molecular flexibility index (Phi) is 3.20. The zero-order valence-corrected chi connectivity index (χ0v) is 6.98. The topological polar surface area (TPSA) is 12.0 Å². The van der Waals surface area contributed by atoms with E-state index in [0.717, 1.165) is 0 Å². The van der Waals surface area contributed by atoms with Crippen molar-refractivity contribution in [2.24, 2.45) is 0 Å². The van der Waals surface area contributed by atoms with Gasteiger partial charge < -0.3 is 5.32 Å². The first-order valence-electron chi connectivity index (χ1n) is 3.27. The zero-order valence-electron chi connectivity index (χ0n) is 6.16. The van der Waals surface area contributed by atoms with E-state index in [1.54, 1.807) is 0 Å². The van der Waals surface area contributed by atoms with Crippen molar-refractivity contribution in [1.82, 2.24) is 5.32 Å². The Balaban J connectivity index is 0.000001000. The Hall–Kier alpha value is 0.0400. The fourth-order valence-corrected chi connectivity index (χ4v) is 1.14. The first-order chi connectivity index (χ1) is 4.46. The predicted molar refractivity (Wildman–Crippen MR) is 38.9 cm³/mol. The Bertz CT molecular complexity index is 128. The first kappa shape index (κ1) is 11.0. The number of nitrogens with one attached hydrogen (secondary N) is 1. The Labute approximate surface area is 69.8 Å².